The number of aliphatic imine (C=N–C) groups is 2. The molecule has 7 rings (SSSR count). The van der Waals surface area contributed by atoms with Gasteiger partial charge in [-0.1, -0.05) is 167 Å². The van der Waals surface area contributed by atoms with Gasteiger partial charge in [-0.25, -0.2) is 0 Å². The summed E-state index contributed by atoms with van der Waals surface area (Å²) in [6, 6.07) is 24.4. The van der Waals surface area contributed by atoms with E-state index in [9.17, 15) is 0 Å². The molecule has 6 heteroatoms. The normalized spacial score (nSPS) is 22.5. The average molecular weight is 875 g/mol. The molecule has 0 fully saturated rings. The van der Waals surface area contributed by atoms with Crippen LogP contribution in [0.3, 0.4) is 0 Å². The van der Waals surface area contributed by atoms with Gasteiger partial charge >= 0.3 is 0 Å². The lowest BCUT2D eigenvalue weighted by Crippen LogP contribution is -2.43. The van der Waals surface area contributed by atoms with Crippen LogP contribution in [0, 0.1) is 52.5 Å². The fourth-order valence-electron chi connectivity index (χ4n) is 10.8. The van der Waals surface area contributed by atoms with Crippen molar-refractivity contribution in [2.24, 2.45) is 15.9 Å². The van der Waals surface area contributed by atoms with Crippen molar-refractivity contribution >= 4 is 33.1 Å². The molecule has 4 aliphatic rings. The van der Waals surface area contributed by atoms with Crippen molar-refractivity contribution in [2.45, 2.75) is 134 Å². The second-order valence-corrected chi connectivity index (χ2v) is 30.8. The van der Waals surface area contributed by atoms with Crippen LogP contribution in [0.25, 0.3) is 5.57 Å². The van der Waals surface area contributed by atoms with Crippen molar-refractivity contribution in [2.75, 3.05) is 0 Å². The van der Waals surface area contributed by atoms with Crippen molar-refractivity contribution in [3.05, 3.63) is 149 Å². The molecule has 0 spiro atoms. The van der Waals surface area contributed by atoms with Gasteiger partial charge in [-0.3, -0.25) is 9.98 Å². The minimum atomic E-state index is -2.11. The van der Waals surface area contributed by atoms with Crippen LogP contribution in [0.2, 0.25) is 33.2 Å². The molecule has 0 saturated heterocycles. The number of rotatable bonds is 6. The Morgan fingerprint density at radius 3 is 1.73 bits per heavy atom. The largest absolute Gasteiger partial charge is 0.376 e. The first-order valence-corrected chi connectivity index (χ1v) is 28.0. The Morgan fingerprint density at radius 2 is 1.12 bits per heavy atom. The zero-order valence-corrected chi connectivity index (χ0v) is 42.1. The van der Waals surface area contributed by atoms with Crippen LogP contribution in [0.15, 0.2) is 136 Å². The Hall–Kier alpha value is -5.77. The van der Waals surface area contributed by atoms with E-state index >= 15 is 0 Å². The van der Waals surface area contributed by atoms with Crippen molar-refractivity contribution in [3.8, 4) is 46.6 Å². The van der Waals surface area contributed by atoms with Gasteiger partial charge in [-0.15, -0.1) is 11.1 Å². The molecule has 8 bridgehead atoms. The highest BCUT2D eigenvalue weighted by atomic mass is 28.3. The van der Waals surface area contributed by atoms with Crippen LogP contribution in [0.4, 0.5) is 0 Å². The molecule has 3 aromatic rings. The number of hydrogen-bond donors (Lipinski definition) is 2. The number of nitrogens with one attached hydrogen (secondary N) is 2. The second kappa shape index (κ2) is 19.5. The smallest absolute Gasteiger partial charge is 0.146 e. The van der Waals surface area contributed by atoms with Gasteiger partial charge in [-0.2, -0.15) is 0 Å². The Bertz CT molecular complexity index is 2660. The van der Waals surface area contributed by atoms with Gasteiger partial charge < -0.3 is 10.3 Å². The van der Waals surface area contributed by atoms with Crippen molar-refractivity contribution in [1.29, 1.82) is 0 Å². The Kier molecular flexibility index (Phi) is 14.1. The van der Waals surface area contributed by atoms with Gasteiger partial charge in [0.05, 0.1) is 63.6 Å². The number of fused-ring (bicyclic) bond motifs is 6. The number of aromatic nitrogens is 1. The first kappa shape index (κ1) is 46.2. The second-order valence-electron chi connectivity index (χ2n) is 19.7. The van der Waals surface area contributed by atoms with Crippen LogP contribution in [-0.2, 0) is 0 Å². The number of nitrogens with zero attached hydrogens (tertiary/aromatic N) is 2. The Labute approximate surface area is 387 Å². The van der Waals surface area contributed by atoms with E-state index in [1.807, 2.05) is 48.5 Å². The summed E-state index contributed by atoms with van der Waals surface area (Å²) in [7, 11) is -4.21. The number of allylic oxidation sites excluding steroid dienone is 6. The van der Waals surface area contributed by atoms with E-state index in [0.29, 0.717) is 33.2 Å². The van der Waals surface area contributed by atoms with E-state index in [1.54, 1.807) is 0 Å². The third-order valence-corrected chi connectivity index (χ3v) is 26.7. The molecule has 4 unspecified atom stereocenters. The minimum absolute atomic E-state index is 0.137. The third-order valence-electron chi connectivity index (χ3n) is 14.1. The summed E-state index contributed by atoms with van der Waals surface area (Å²) >= 11 is 0. The minimum Gasteiger partial charge on any atom is -0.376 e. The van der Waals surface area contributed by atoms with Crippen LogP contribution in [0.1, 0.15) is 112 Å². The van der Waals surface area contributed by atoms with Gasteiger partial charge in [0.25, 0.3) is 0 Å². The monoisotopic (exact) mass is 874 g/mol. The molecular weight excluding hydrogens is 809 g/mol. The standard InChI is InChI=1S/C58H66N4Si2/c1-39(2)63(40(3)4,41(5)6)37-35-49-55-31-29-53(60-55)47(25-23-45-19-15-13-16-20-45)51-27-28-52(59-51)48(26-24-46-21-17-14-18-22-46)54-30-32-56(61-54)50(58-34-33-57(49)62-58)36-38-64(42(7)8,43(9)10)44(11)12/h13-22,27-34,39-44,47,50-51,56,59-60H,1-12H3/b52-48-,57-49-. The van der Waals surface area contributed by atoms with Crippen LogP contribution in [0.5, 0.6) is 0 Å². The van der Waals surface area contributed by atoms with E-state index < -0.39 is 16.1 Å². The van der Waals surface area contributed by atoms with E-state index in [2.05, 4.69) is 201 Å². The SMILES string of the molecule is CC(C)[Si](C#C/C1=C2\C=CC(=N2)C(C#C[Si](C(C)C)(C(C)C)C(C)C)C2C=CC(=N2)/C(C#Cc2ccccc2)=C2/C=CC(N2)C(C#Cc2ccccc2)c2ccc1[nH]2)(C(C)C)C(C)C. The van der Waals surface area contributed by atoms with Gasteiger partial charge in [0.2, 0.25) is 0 Å². The number of hydrogen-bond acceptors (Lipinski definition) is 3. The molecule has 4 atom stereocenters. The van der Waals surface area contributed by atoms with E-state index in [1.165, 1.54) is 0 Å². The molecule has 4 nitrogen and oxygen atoms in total. The molecule has 0 amide bonds. The number of benzene rings is 2. The lowest BCUT2D eigenvalue weighted by Gasteiger charge is -2.38. The van der Waals surface area contributed by atoms with E-state index in [4.69, 9.17) is 9.98 Å². The summed E-state index contributed by atoms with van der Waals surface area (Å²) in [5.41, 5.74) is 20.3. The topological polar surface area (TPSA) is 52.5 Å². The highest BCUT2D eigenvalue weighted by Crippen LogP contribution is 2.43. The van der Waals surface area contributed by atoms with E-state index in [-0.39, 0.29) is 23.9 Å². The summed E-state index contributed by atoms with van der Waals surface area (Å²) < 4.78 is 0. The molecule has 326 valence electrons. The maximum atomic E-state index is 5.53. The lowest BCUT2D eigenvalue weighted by atomic mass is 9.96. The quantitative estimate of drug-likeness (QED) is 0.188. The summed E-state index contributed by atoms with van der Waals surface area (Å²) in [6.07, 6.45) is 13.1. The average Bonchev–Trinajstić information content (AvgIpc) is 4.11. The highest BCUT2D eigenvalue weighted by molar-refractivity contribution is 6.91. The van der Waals surface area contributed by atoms with Crippen molar-refractivity contribution in [1.82, 2.24) is 10.3 Å². The fourth-order valence-corrected chi connectivity index (χ4v) is 21.3. The third kappa shape index (κ3) is 9.24. The summed E-state index contributed by atoms with van der Waals surface area (Å²) in [4.78, 5) is 14.9. The zero-order valence-electron chi connectivity index (χ0n) is 40.1. The fraction of sp³-hybridized carbons (Fsp3) is 0.379. The van der Waals surface area contributed by atoms with Crippen molar-refractivity contribution < 1.29 is 0 Å². The predicted octanol–water partition coefficient (Wildman–Crippen LogP) is 13.2. The molecule has 0 aliphatic carbocycles. The summed E-state index contributed by atoms with van der Waals surface area (Å²) in [5, 5.41) is 3.88. The molecule has 2 N–H and O–H groups in total. The van der Waals surface area contributed by atoms with Crippen LogP contribution in [-0.4, -0.2) is 44.6 Å². The number of aromatic amines is 1. The Morgan fingerprint density at radius 1 is 0.531 bits per heavy atom. The number of H-pyrrole nitrogens is 1. The maximum absolute atomic E-state index is 5.53. The molecule has 4 aliphatic heterocycles. The van der Waals surface area contributed by atoms with Crippen molar-refractivity contribution in [3.63, 3.8) is 0 Å². The van der Waals surface area contributed by atoms with Gasteiger partial charge in [0.1, 0.15) is 16.1 Å². The van der Waals surface area contributed by atoms with Crippen LogP contribution >= 0.6 is 0 Å². The molecule has 2 aromatic carbocycles. The first-order valence-electron chi connectivity index (χ1n) is 23.5. The molecule has 5 heterocycles. The molecule has 64 heavy (non-hydrogen) atoms. The zero-order chi connectivity index (χ0) is 45.8. The van der Waals surface area contributed by atoms with Gasteiger partial charge in [-0.05, 0) is 93.9 Å². The molecule has 0 radical (unpaired) electrons. The van der Waals surface area contributed by atoms with E-state index in [0.717, 1.165) is 56.5 Å². The molecule has 0 saturated carbocycles. The maximum Gasteiger partial charge on any atom is 0.146 e. The first-order chi connectivity index (χ1) is 30.6. The summed E-state index contributed by atoms with van der Waals surface area (Å²) in [5.74, 6) is 21.5. The molecular formula is C58H66N4Si2. The van der Waals surface area contributed by atoms with Gasteiger partial charge in [0.15, 0.2) is 0 Å². The molecule has 1 aromatic heterocycles. The van der Waals surface area contributed by atoms with Crippen LogP contribution < -0.4 is 5.32 Å². The Balaban J connectivity index is 1.50. The summed E-state index contributed by atoms with van der Waals surface area (Å²) in [6.45, 7) is 28.5. The predicted molar refractivity (Wildman–Crippen MR) is 278 cm³/mol. The highest BCUT2D eigenvalue weighted by Gasteiger charge is 2.43. The van der Waals surface area contributed by atoms with Gasteiger partial charge in [0, 0.05) is 16.8 Å². The lowest BCUT2D eigenvalue weighted by molar-refractivity contribution is 0.642.